The van der Waals surface area contributed by atoms with Crippen LogP contribution in [-0.2, 0) is 4.79 Å². The van der Waals surface area contributed by atoms with Gasteiger partial charge in [0.05, 0.1) is 27.2 Å². The van der Waals surface area contributed by atoms with E-state index in [4.69, 9.17) is 5.11 Å². The van der Waals surface area contributed by atoms with Crippen LogP contribution in [0.15, 0.2) is 55.7 Å². The molecule has 6 aromatic rings. The number of hydrogen-bond donors (Lipinski definition) is 2. The Morgan fingerprint density at radius 3 is 2.37 bits per heavy atom. The molecule has 5 aromatic heterocycles. The molecule has 2 aliphatic rings. The van der Waals surface area contributed by atoms with Crippen LogP contribution in [0.25, 0.3) is 40.7 Å². The van der Waals surface area contributed by atoms with Gasteiger partial charge < -0.3 is 28.0 Å². The Morgan fingerprint density at radius 1 is 0.953 bits per heavy atom. The number of nitrogens with zero attached hydrogens (tertiary/aromatic N) is 2. The van der Waals surface area contributed by atoms with E-state index in [1.807, 2.05) is 24.3 Å². The van der Waals surface area contributed by atoms with E-state index in [0.29, 0.717) is 39.8 Å². The number of carbonyl (C=O) groups excluding carboxylic acids is 1. The molecule has 1 amide bonds. The van der Waals surface area contributed by atoms with E-state index in [9.17, 15) is 9.59 Å². The van der Waals surface area contributed by atoms with Crippen LogP contribution in [0.2, 0.25) is 0 Å². The summed E-state index contributed by atoms with van der Waals surface area (Å²) >= 11 is 13.0. The summed E-state index contributed by atoms with van der Waals surface area (Å²) in [6.07, 6.45) is 2.18. The number of carboxylic acids is 1. The van der Waals surface area contributed by atoms with E-state index >= 15 is 8.63 Å². The number of amides is 1. The molecule has 0 saturated carbocycles. The molecule has 2 aliphatic heterocycles. The van der Waals surface area contributed by atoms with Crippen molar-refractivity contribution in [2.24, 2.45) is 0 Å². The Bertz CT molecular complexity index is 2370. The predicted molar refractivity (Wildman–Crippen MR) is 180 cm³/mol. The van der Waals surface area contributed by atoms with Crippen molar-refractivity contribution in [1.82, 2.24) is 14.3 Å². The molecule has 0 saturated heterocycles. The Kier molecular flexibility index (Phi) is 6.41. The summed E-state index contributed by atoms with van der Waals surface area (Å²) in [5.41, 5.74) is 3.25. The zero-order chi connectivity index (χ0) is 29.8. The van der Waals surface area contributed by atoms with Crippen LogP contribution >= 0.6 is 77.2 Å². The first-order valence-electron chi connectivity index (χ1n) is 13.1. The SMILES string of the molecule is O=C(O)CCCNC(=O)c1ccc(C2=C3C=c4sc5cc(Br)sc5c4=[N+]3[B-](F)(F)n3c2cc2sc4cc(Br)sc4c23)cc1. The average molecular weight is 779 g/mol. The number of allylic oxidation sites excluding steroid dienone is 1. The Hall–Kier alpha value is -2.69. The lowest BCUT2D eigenvalue weighted by Gasteiger charge is -2.31. The molecule has 0 aliphatic carbocycles. The summed E-state index contributed by atoms with van der Waals surface area (Å²) in [5, 5.41) is 12.1. The van der Waals surface area contributed by atoms with E-state index < -0.39 is 12.9 Å². The van der Waals surface area contributed by atoms with Crippen LogP contribution in [0.4, 0.5) is 8.63 Å². The molecule has 216 valence electrons. The summed E-state index contributed by atoms with van der Waals surface area (Å²) in [4.78, 5) is 23.5. The van der Waals surface area contributed by atoms with Crippen molar-refractivity contribution in [2.45, 2.75) is 12.8 Å². The summed E-state index contributed by atoms with van der Waals surface area (Å²) in [7, 11) is 0. The third-order valence-electron chi connectivity index (χ3n) is 7.63. The highest BCUT2D eigenvalue weighted by Crippen LogP contribution is 2.48. The smallest absolute Gasteiger partial charge is 0.481 e. The molecule has 0 unspecified atom stereocenters. The van der Waals surface area contributed by atoms with E-state index in [2.05, 4.69) is 37.2 Å². The first-order chi connectivity index (χ1) is 20.6. The van der Waals surface area contributed by atoms with Gasteiger partial charge in [0, 0.05) is 40.5 Å². The van der Waals surface area contributed by atoms with E-state index in [0.717, 1.165) is 41.2 Å². The van der Waals surface area contributed by atoms with Gasteiger partial charge in [0.2, 0.25) is 0 Å². The molecular formula is C28H16BBr2F2N3O3S4. The van der Waals surface area contributed by atoms with Crippen molar-refractivity contribution in [3.63, 3.8) is 0 Å². The van der Waals surface area contributed by atoms with Crippen molar-refractivity contribution in [3.05, 3.63) is 82.4 Å². The molecule has 0 spiro atoms. The molecule has 2 N–H and O–H groups in total. The Balaban J connectivity index is 1.33. The number of fused-ring (bicyclic) bond motifs is 9. The number of aliphatic carboxylic acids is 1. The highest BCUT2D eigenvalue weighted by molar-refractivity contribution is 9.11. The van der Waals surface area contributed by atoms with E-state index in [1.54, 1.807) is 24.3 Å². The van der Waals surface area contributed by atoms with Crippen LogP contribution in [-0.4, -0.2) is 35.0 Å². The molecule has 0 atom stereocenters. The van der Waals surface area contributed by atoms with Crippen molar-refractivity contribution in [2.75, 3.05) is 6.54 Å². The summed E-state index contributed by atoms with van der Waals surface area (Å²) in [6.45, 7) is -4.01. The number of rotatable bonds is 6. The summed E-state index contributed by atoms with van der Waals surface area (Å²) in [6, 6.07) is 12.8. The van der Waals surface area contributed by atoms with Crippen LogP contribution < -0.4 is 19.7 Å². The highest BCUT2D eigenvalue weighted by Gasteiger charge is 2.54. The number of benzene rings is 1. The number of aromatic nitrogens is 1. The van der Waals surface area contributed by atoms with Crippen molar-refractivity contribution >= 4 is 137 Å². The normalized spacial score (nSPS) is 15.3. The number of carbonyl (C=O) groups is 2. The number of carboxylic acid groups (broad SMARTS) is 1. The molecule has 43 heavy (non-hydrogen) atoms. The van der Waals surface area contributed by atoms with Gasteiger partial charge in [-0.1, -0.05) is 12.1 Å². The average Bonchev–Trinajstić information content (AvgIpc) is 3.76. The fourth-order valence-electron chi connectivity index (χ4n) is 5.92. The summed E-state index contributed by atoms with van der Waals surface area (Å²) < 4.78 is 43.6. The number of halogens is 4. The molecule has 7 heterocycles. The zero-order valence-electron chi connectivity index (χ0n) is 21.6. The molecule has 0 fully saturated rings. The molecule has 15 heteroatoms. The van der Waals surface area contributed by atoms with Gasteiger partial charge in [0.25, 0.3) is 5.91 Å². The Labute approximate surface area is 274 Å². The van der Waals surface area contributed by atoms with E-state index in [-0.39, 0.29) is 18.9 Å². The van der Waals surface area contributed by atoms with Crippen molar-refractivity contribution in [1.29, 1.82) is 0 Å². The lowest BCUT2D eigenvalue weighted by Crippen LogP contribution is -2.56. The molecule has 0 bridgehead atoms. The standard InChI is InChI=1S/C28H16BBr2F2N3O3S4/c30-20-10-18-26(42-20)24-16(40-18)8-14-23(12-3-5-13(6-4-12)28(39)34-7-1-2-22(37)38)15-9-17-25(36(15)29(32,33)35(14)24)27-19(41-17)11-21(31)43-27/h3-6,8-11H,1-2,7H2,(H,34,39)(H,37,38). The van der Waals surface area contributed by atoms with Crippen LogP contribution in [0.1, 0.15) is 34.5 Å². The van der Waals surface area contributed by atoms with Crippen molar-refractivity contribution in [3.8, 4) is 0 Å². The summed E-state index contributed by atoms with van der Waals surface area (Å²) in [5.74, 6) is -1.23. The minimum atomic E-state index is -4.26. The van der Waals surface area contributed by atoms with Crippen molar-refractivity contribution < 1.29 is 23.3 Å². The highest BCUT2D eigenvalue weighted by atomic mass is 79.9. The lowest BCUT2D eigenvalue weighted by molar-refractivity contribution is -0.137. The third kappa shape index (κ3) is 4.19. The van der Waals surface area contributed by atoms with E-state index in [1.165, 1.54) is 54.3 Å². The maximum Gasteiger partial charge on any atom is 0.738 e. The second kappa shape index (κ2) is 9.91. The van der Waals surface area contributed by atoms with Gasteiger partial charge in [-0.05, 0) is 74.2 Å². The fraction of sp³-hybridized carbons (Fsp3) is 0.107. The molecule has 0 radical (unpaired) electrons. The molecule has 8 rings (SSSR count). The topological polar surface area (TPSA) is 74.3 Å². The van der Waals surface area contributed by atoms with Gasteiger partial charge in [0.15, 0.2) is 11.1 Å². The first kappa shape index (κ1) is 27.8. The first-order valence-corrected chi connectivity index (χ1v) is 17.9. The van der Waals surface area contributed by atoms with Gasteiger partial charge in [-0.2, -0.15) is 0 Å². The van der Waals surface area contributed by atoms with Gasteiger partial charge in [-0.3, -0.25) is 9.59 Å². The molecular weight excluding hydrogens is 763 g/mol. The quantitative estimate of drug-likeness (QED) is 0.138. The molecule has 6 nitrogen and oxygen atoms in total. The largest absolute Gasteiger partial charge is 0.738 e. The number of nitrogens with one attached hydrogen (secondary N) is 1. The van der Waals surface area contributed by atoms with Crippen LogP contribution in [0.3, 0.4) is 0 Å². The van der Waals surface area contributed by atoms with Crippen LogP contribution in [0.5, 0.6) is 0 Å². The van der Waals surface area contributed by atoms with Gasteiger partial charge in [-0.15, -0.1) is 45.3 Å². The van der Waals surface area contributed by atoms with Crippen LogP contribution in [0, 0.1) is 0 Å². The third-order valence-corrected chi connectivity index (χ3v) is 13.3. The minimum Gasteiger partial charge on any atom is -0.481 e. The maximum absolute atomic E-state index is 17.1. The number of hydrogen-bond acceptors (Lipinski definition) is 6. The van der Waals surface area contributed by atoms with Gasteiger partial charge in [-0.25, -0.2) is 0 Å². The van der Waals surface area contributed by atoms with Gasteiger partial charge >= 0.3 is 12.9 Å². The Morgan fingerprint density at radius 2 is 1.65 bits per heavy atom. The minimum absolute atomic E-state index is 0.0265. The zero-order valence-corrected chi connectivity index (χ0v) is 28.1. The monoisotopic (exact) mass is 777 g/mol. The van der Waals surface area contributed by atoms with Gasteiger partial charge in [0.1, 0.15) is 9.23 Å². The maximum atomic E-state index is 17.1. The predicted octanol–water partition coefficient (Wildman–Crippen LogP) is 7.29. The fourth-order valence-corrected chi connectivity index (χ4v) is 12.2. The second-order valence-electron chi connectivity index (χ2n) is 10.2. The molecule has 1 aromatic carbocycles. The number of thiophene rings is 4. The lowest BCUT2D eigenvalue weighted by atomic mass is 9.86. The second-order valence-corrected chi connectivity index (χ2v) is 17.2.